The molecule has 7 heteroatoms. The van der Waals surface area contributed by atoms with E-state index in [1.165, 1.54) is 12.1 Å². The lowest BCUT2D eigenvalue weighted by atomic mass is 10.1. The van der Waals surface area contributed by atoms with E-state index in [4.69, 9.17) is 0 Å². The third-order valence-corrected chi connectivity index (χ3v) is 2.16. The summed E-state index contributed by atoms with van der Waals surface area (Å²) in [4.78, 5) is 23.8. The van der Waals surface area contributed by atoms with Gasteiger partial charge in [0.2, 0.25) is 0 Å². The van der Waals surface area contributed by atoms with Crippen molar-refractivity contribution in [2.45, 2.75) is 6.18 Å². The zero-order chi connectivity index (χ0) is 13.3. The van der Waals surface area contributed by atoms with Crippen LogP contribution in [0.2, 0.25) is 0 Å². The van der Waals surface area contributed by atoms with Gasteiger partial charge in [0.25, 0.3) is 5.56 Å². The van der Waals surface area contributed by atoms with Crippen LogP contribution >= 0.6 is 0 Å². The highest BCUT2D eigenvalue weighted by Gasteiger charge is 2.30. The van der Waals surface area contributed by atoms with Crippen molar-refractivity contribution in [3.05, 3.63) is 56.8 Å². The van der Waals surface area contributed by atoms with Crippen molar-refractivity contribution in [1.82, 2.24) is 4.98 Å². The van der Waals surface area contributed by atoms with Crippen molar-refractivity contribution in [3.63, 3.8) is 0 Å². The average Bonchev–Trinajstić information content (AvgIpc) is 2.27. The lowest BCUT2D eigenvalue weighted by molar-refractivity contribution is -0.137. The van der Waals surface area contributed by atoms with Crippen molar-refractivity contribution in [3.8, 4) is 11.3 Å². The second-order valence-electron chi connectivity index (χ2n) is 3.47. The molecule has 0 saturated heterocycles. The minimum atomic E-state index is -4.50. The predicted octanol–water partition coefficient (Wildman–Crippen LogP) is 2.01. The van der Waals surface area contributed by atoms with E-state index in [0.717, 1.165) is 18.2 Å². The smallest absolute Gasteiger partial charge is 0.409 e. The summed E-state index contributed by atoms with van der Waals surface area (Å²) in [6, 6.07) is 5.08. The number of aromatic nitrogens is 1. The number of rotatable bonds is 1. The number of benzene rings is 1. The molecule has 0 spiro atoms. The molecule has 0 amide bonds. The normalized spacial score (nSPS) is 11.5. The summed E-state index contributed by atoms with van der Waals surface area (Å²) >= 11 is 0. The zero-order valence-electron chi connectivity index (χ0n) is 8.75. The minimum Gasteiger partial charge on any atom is -0.409 e. The van der Waals surface area contributed by atoms with E-state index in [2.05, 4.69) is 4.42 Å². The minimum absolute atomic E-state index is 0.00743. The summed E-state index contributed by atoms with van der Waals surface area (Å²) in [6.07, 6.45) is -4.50. The van der Waals surface area contributed by atoms with E-state index in [1.807, 2.05) is 4.98 Å². The van der Waals surface area contributed by atoms with Crippen molar-refractivity contribution >= 4 is 0 Å². The van der Waals surface area contributed by atoms with Gasteiger partial charge in [0.05, 0.1) is 5.56 Å². The Labute approximate surface area is 97.7 Å². The SMILES string of the molecule is O=c1cc(-c2cccc(C(F)(F)F)c2)oc(=O)[nH]1. The topological polar surface area (TPSA) is 63.1 Å². The third kappa shape index (κ3) is 2.50. The van der Waals surface area contributed by atoms with Gasteiger partial charge in [0.15, 0.2) is 0 Å². The molecule has 2 rings (SSSR count). The molecule has 0 aliphatic rings. The van der Waals surface area contributed by atoms with Crippen molar-refractivity contribution in [2.24, 2.45) is 0 Å². The fourth-order valence-electron chi connectivity index (χ4n) is 1.40. The van der Waals surface area contributed by atoms with E-state index < -0.39 is 23.1 Å². The highest BCUT2D eigenvalue weighted by Crippen LogP contribution is 2.31. The Bertz CT molecular complexity index is 656. The van der Waals surface area contributed by atoms with E-state index >= 15 is 0 Å². The predicted molar refractivity (Wildman–Crippen MR) is 56.0 cm³/mol. The molecule has 0 unspecified atom stereocenters. The number of hydrogen-bond donors (Lipinski definition) is 1. The molecule has 0 radical (unpaired) electrons. The van der Waals surface area contributed by atoms with Gasteiger partial charge in [-0.1, -0.05) is 12.1 Å². The second-order valence-corrected chi connectivity index (χ2v) is 3.47. The third-order valence-electron chi connectivity index (χ3n) is 2.16. The summed E-state index contributed by atoms with van der Waals surface area (Å²) in [5.41, 5.74) is -1.62. The van der Waals surface area contributed by atoms with Crippen LogP contribution in [0.4, 0.5) is 13.2 Å². The average molecular weight is 257 g/mol. The summed E-state index contributed by atoms with van der Waals surface area (Å²) < 4.78 is 42.1. The molecule has 18 heavy (non-hydrogen) atoms. The van der Waals surface area contributed by atoms with E-state index in [9.17, 15) is 22.8 Å². The summed E-state index contributed by atoms with van der Waals surface area (Å²) in [6.45, 7) is 0. The molecule has 0 aliphatic carbocycles. The van der Waals surface area contributed by atoms with Gasteiger partial charge in [-0.2, -0.15) is 13.2 Å². The van der Waals surface area contributed by atoms with Gasteiger partial charge in [-0.25, -0.2) is 4.79 Å². The van der Waals surface area contributed by atoms with Crippen LogP contribution in [0.5, 0.6) is 0 Å². The Morgan fingerprint density at radius 3 is 2.44 bits per heavy atom. The Morgan fingerprint density at radius 2 is 1.83 bits per heavy atom. The van der Waals surface area contributed by atoms with Crippen molar-refractivity contribution < 1.29 is 17.6 Å². The molecule has 4 nitrogen and oxygen atoms in total. The first kappa shape index (κ1) is 12.2. The maximum atomic E-state index is 12.5. The number of H-pyrrole nitrogens is 1. The van der Waals surface area contributed by atoms with Gasteiger partial charge in [0.1, 0.15) is 5.76 Å². The molecule has 0 saturated carbocycles. The molecule has 0 aliphatic heterocycles. The first-order chi connectivity index (χ1) is 8.36. The van der Waals surface area contributed by atoms with Crippen LogP contribution in [-0.4, -0.2) is 4.98 Å². The number of aromatic amines is 1. The van der Waals surface area contributed by atoms with Crippen LogP contribution in [0.1, 0.15) is 5.56 Å². The number of nitrogens with one attached hydrogen (secondary N) is 1. The first-order valence-electron chi connectivity index (χ1n) is 4.78. The molecule has 1 heterocycles. The summed E-state index contributed by atoms with van der Waals surface area (Å²) in [5, 5.41) is 0. The quantitative estimate of drug-likeness (QED) is 0.850. The summed E-state index contributed by atoms with van der Waals surface area (Å²) in [5.74, 6) is -1.23. The number of halogens is 3. The van der Waals surface area contributed by atoms with Crippen LogP contribution in [0.3, 0.4) is 0 Å². The monoisotopic (exact) mass is 257 g/mol. The maximum Gasteiger partial charge on any atom is 0.419 e. The molecule has 1 aromatic carbocycles. The molecular formula is C11H6F3NO3. The van der Waals surface area contributed by atoms with Gasteiger partial charge in [0, 0.05) is 11.6 Å². The van der Waals surface area contributed by atoms with Gasteiger partial charge in [-0.15, -0.1) is 0 Å². The van der Waals surface area contributed by atoms with Crippen LogP contribution in [0.15, 0.2) is 44.3 Å². The molecule has 1 N–H and O–H groups in total. The van der Waals surface area contributed by atoms with Crippen LogP contribution in [0, 0.1) is 0 Å². The molecule has 0 fully saturated rings. The van der Waals surface area contributed by atoms with Crippen molar-refractivity contribution in [2.75, 3.05) is 0 Å². The zero-order valence-corrected chi connectivity index (χ0v) is 8.75. The molecule has 94 valence electrons. The van der Waals surface area contributed by atoms with E-state index in [0.29, 0.717) is 0 Å². The first-order valence-corrected chi connectivity index (χ1v) is 4.78. The standard InChI is InChI=1S/C11H6F3NO3/c12-11(13,14)7-3-1-2-6(4-7)8-5-9(16)15-10(17)18-8/h1-5H,(H,15,16,17). The lowest BCUT2D eigenvalue weighted by Crippen LogP contribution is -2.17. The van der Waals surface area contributed by atoms with E-state index in [-0.39, 0.29) is 11.3 Å². The van der Waals surface area contributed by atoms with Gasteiger partial charge >= 0.3 is 11.9 Å². The van der Waals surface area contributed by atoms with Gasteiger partial charge in [-0.05, 0) is 12.1 Å². The van der Waals surface area contributed by atoms with Crippen molar-refractivity contribution in [1.29, 1.82) is 0 Å². The van der Waals surface area contributed by atoms with Gasteiger partial charge in [-0.3, -0.25) is 9.78 Å². The molecule has 0 bridgehead atoms. The fourth-order valence-corrected chi connectivity index (χ4v) is 1.40. The lowest BCUT2D eigenvalue weighted by Gasteiger charge is -2.07. The Kier molecular flexibility index (Phi) is 2.82. The number of alkyl halides is 3. The fraction of sp³-hybridized carbons (Fsp3) is 0.0909. The van der Waals surface area contributed by atoms with Crippen LogP contribution in [-0.2, 0) is 6.18 Å². The van der Waals surface area contributed by atoms with Crippen LogP contribution < -0.4 is 11.3 Å². The highest BCUT2D eigenvalue weighted by molar-refractivity contribution is 5.57. The summed E-state index contributed by atoms with van der Waals surface area (Å²) in [7, 11) is 0. The largest absolute Gasteiger partial charge is 0.419 e. The van der Waals surface area contributed by atoms with Crippen LogP contribution in [0.25, 0.3) is 11.3 Å². The molecular weight excluding hydrogens is 251 g/mol. The molecule has 2 aromatic rings. The Morgan fingerprint density at radius 1 is 1.11 bits per heavy atom. The maximum absolute atomic E-state index is 12.5. The van der Waals surface area contributed by atoms with E-state index in [1.54, 1.807) is 0 Å². The Balaban J connectivity index is 2.58. The second kappa shape index (κ2) is 4.17. The Hall–Kier alpha value is -2.31. The molecule has 0 atom stereocenters. The highest BCUT2D eigenvalue weighted by atomic mass is 19.4. The molecule has 1 aromatic heterocycles. The van der Waals surface area contributed by atoms with Gasteiger partial charge < -0.3 is 4.42 Å². The number of hydrogen-bond acceptors (Lipinski definition) is 3.